The Hall–Kier alpha value is -2.40. The molecule has 0 unspecified atom stereocenters. The maximum Gasteiger partial charge on any atom is 0.281 e. The predicted octanol–water partition coefficient (Wildman–Crippen LogP) is 4.92. The average molecular weight is 368 g/mol. The molecule has 2 heterocycles. The predicted molar refractivity (Wildman–Crippen MR) is 111 cm³/mol. The van der Waals surface area contributed by atoms with Gasteiger partial charge in [0.15, 0.2) is 0 Å². The van der Waals surface area contributed by atoms with Crippen LogP contribution in [0.4, 0.5) is 5.69 Å². The zero-order chi connectivity index (χ0) is 18.9. The van der Waals surface area contributed by atoms with E-state index in [-0.39, 0.29) is 11.4 Å². The summed E-state index contributed by atoms with van der Waals surface area (Å²) in [7, 11) is 0. The van der Waals surface area contributed by atoms with Gasteiger partial charge in [-0.2, -0.15) is 5.10 Å². The summed E-state index contributed by atoms with van der Waals surface area (Å²) in [5.41, 5.74) is 7.25. The molecule has 1 amide bonds. The fourth-order valence-electron chi connectivity index (χ4n) is 3.72. The number of fused-ring (bicyclic) bond motifs is 1. The third kappa shape index (κ3) is 3.58. The molecule has 0 fully saturated rings. The van der Waals surface area contributed by atoms with Crippen LogP contribution in [0, 0.1) is 0 Å². The average Bonchev–Trinajstić information content (AvgIpc) is 3.08. The van der Waals surface area contributed by atoms with Crippen LogP contribution in [0.5, 0.6) is 0 Å². The van der Waals surface area contributed by atoms with Gasteiger partial charge in [0.2, 0.25) is 0 Å². The number of allylic oxidation sites excluding steroid dienone is 1. The van der Waals surface area contributed by atoms with Gasteiger partial charge < -0.3 is 4.90 Å². The molecule has 3 rings (SSSR count). The highest BCUT2D eigenvalue weighted by Crippen LogP contribution is 2.40. The maximum atomic E-state index is 11.9. The number of amides is 1. The second kappa shape index (κ2) is 7.08. The van der Waals surface area contributed by atoms with Crippen molar-refractivity contribution in [3.8, 4) is 0 Å². The van der Waals surface area contributed by atoms with Crippen molar-refractivity contribution in [1.82, 2.24) is 5.43 Å². The molecule has 1 aromatic heterocycles. The van der Waals surface area contributed by atoms with Crippen molar-refractivity contribution in [1.29, 1.82) is 0 Å². The van der Waals surface area contributed by atoms with Crippen molar-refractivity contribution in [3.05, 3.63) is 57.8 Å². The van der Waals surface area contributed by atoms with Crippen LogP contribution in [0.2, 0.25) is 0 Å². The minimum Gasteiger partial charge on any atom is -0.360 e. The zero-order valence-electron chi connectivity index (χ0n) is 15.9. The SMILES string of the molecule is CC1=CC(C)(C)N(C(C)C)c2ccc(/C=N\NC(=O)c3cccs3)cc21. The molecule has 26 heavy (non-hydrogen) atoms. The molecule has 2 aromatic rings. The summed E-state index contributed by atoms with van der Waals surface area (Å²) in [6.45, 7) is 11.1. The summed E-state index contributed by atoms with van der Waals surface area (Å²) in [5.74, 6) is -0.182. The Morgan fingerprint density at radius 3 is 2.73 bits per heavy atom. The van der Waals surface area contributed by atoms with Gasteiger partial charge >= 0.3 is 0 Å². The fraction of sp³-hybridized carbons (Fsp3) is 0.333. The van der Waals surface area contributed by atoms with Crippen LogP contribution in [-0.2, 0) is 0 Å². The van der Waals surface area contributed by atoms with E-state index in [0.29, 0.717) is 10.9 Å². The van der Waals surface area contributed by atoms with Crippen molar-refractivity contribution >= 4 is 34.7 Å². The normalized spacial score (nSPS) is 15.9. The van der Waals surface area contributed by atoms with E-state index < -0.39 is 0 Å². The third-order valence-electron chi connectivity index (χ3n) is 4.54. The molecule has 0 spiro atoms. The standard InChI is InChI=1S/C21H25N3OS/c1-14(2)24-18-9-8-16(11-17(18)15(3)12-21(24,4)5)13-22-23-20(25)19-7-6-10-26-19/h6-14H,1-5H3,(H,23,25)/b22-13-. The van der Waals surface area contributed by atoms with Crippen molar-refractivity contribution < 1.29 is 4.79 Å². The smallest absolute Gasteiger partial charge is 0.281 e. The summed E-state index contributed by atoms with van der Waals surface area (Å²) in [6.07, 6.45) is 4.01. The van der Waals surface area contributed by atoms with Crippen LogP contribution in [0.25, 0.3) is 5.57 Å². The monoisotopic (exact) mass is 367 g/mol. The molecule has 0 saturated carbocycles. The van der Waals surface area contributed by atoms with Crippen LogP contribution >= 0.6 is 11.3 Å². The van der Waals surface area contributed by atoms with E-state index in [9.17, 15) is 4.79 Å². The summed E-state index contributed by atoms with van der Waals surface area (Å²) in [6, 6.07) is 10.4. The van der Waals surface area contributed by atoms with Gasteiger partial charge in [-0.1, -0.05) is 18.2 Å². The number of benzene rings is 1. The van der Waals surface area contributed by atoms with E-state index in [1.807, 2.05) is 17.5 Å². The van der Waals surface area contributed by atoms with E-state index in [0.717, 1.165) is 5.56 Å². The number of hydrogen-bond donors (Lipinski definition) is 1. The van der Waals surface area contributed by atoms with E-state index >= 15 is 0 Å². The highest BCUT2D eigenvalue weighted by molar-refractivity contribution is 7.12. The molecule has 4 nitrogen and oxygen atoms in total. The van der Waals surface area contributed by atoms with Crippen molar-refractivity contribution in [2.24, 2.45) is 5.10 Å². The van der Waals surface area contributed by atoms with Crippen LogP contribution in [0.3, 0.4) is 0 Å². The molecule has 136 valence electrons. The van der Waals surface area contributed by atoms with Crippen LogP contribution < -0.4 is 10.3 Å². The first-order valence-electron chi connectivity index (χ1n) is 8.80. The molecule has 5 heteroatoms. The molecule has 1 aliphatic heterocycles. The molecule has 0 saturated heterocycles. The van der Waals surface area contributed by atoms with E-state index in [4.69, 9.17) is 0 Å². The number of hydrazone groups is 1. The lowest BCUT2D eigenvalue weighted by Gasteiger charge is -2.46. The molecule has 1 aliphatic rings. The summed E-state index contributed by atoms with van der Waals surface area (Å²) in [4.78, 5) is 15.0. The Morgan fingerprint density at radius 1 is 1.31 bits per heavy atom. The first-order chi connectivity index (χ1) is 12.3. The number of carbonyl (C=O) groups is 1. The van der Waals surface area contributed by atoms with E-state index in [1.54, 1.807) is 12.3 Å². The second-order valence-electron chi connectivity index (χ2n) is 7.40. The minimum absolute atomic E-state index is 0.0183. The first kappa shape index (κ1) is 18.4. The van der Waals surface area contributed by atoms with Gasteiger partial charge in [-0.3, -0.25) is 4.79 Å². The highest BCUT2D eigenvalue weighted by atomic mass is 32.1. The summed E-state index contributed by atoms with van der Waals surface area (Å²) in [5, 5.41) is 5.98. The maximum absolute atomic E-state index is 11.9. The Bertz CT molecular complexity index is 863. The van der Waals surface area contributed by atoms with Crippen LogP contribution in [0.1, 0.15) is 55.4 Å². The Labute approximate surface area is 159 Å². The molecule has 0 bridgehead atoms. The van der Waals surface area contributed by atoms with Crippen LogP contribution in [0.15, 0.2) is 46.9 Å². The molecule has 1 aromatic carbocycles. The molecular weight excluding hydrogens is 342 g/mol. The topological polar surface area (TPSA) is 44.7 Å². The quantitative estimate of drug-likeness (QED) is 0.616. The van der Waals surface area contributed by atoms with Crippen LogP contribution in [-0.4, -0.2) is 23.7 Å². The van der Waals surface area contributed by atoms with E-state index in [1.165, 1.54) is 28.2 Å². The number of nitrogens with one attached hydrogen (secondary N) is 1. The Kier molecular flexibility index (Phi) is 5.01. The minimum atomic E-state index is -0.182. The highest BCUT2D eigenvalue weighted by Gasteiger charge is 2.32. The lowest BCUT2D eigenvalue weighted by atomic mass is 9.87. The number of hydrogen-bond acceptors (Lipinski definition) is 4. The van der Waals surface area contributed by atoms with Crippen molar-refractivity contribution in [2.75, 3.05) is 4.90 Å². The summed E-state index contributed by atoms with van der Waals surface area (Å²) < 4.78 is 0. The van der Waals surface area contributed by atoms with E-state index in [2.05, 4.69) is 68.3 Å². The zero-order valence-corrected chi connectivity index (χ0v) is 16.7. The lowest BCUT2D eigenvalue weighted by molar-refractivity contribution is 0.0959. The van der Waals surface area contributed by atoms with Gasteiger partial charge in [-0.15, -0.1) is 11.3 Å². The number of nitrogens with zero attached hydrogens (tertiary/aromatic N) is 2. The number of rotatable bonds is 4. The number of carbonyl (C=O) groups excluding carboxylic acids is 1. The molecule has 1 N–H and O–H groups in total. The Morgan fingerprint density at radius 2 is 2.08 bits per heavy atom. The lowest BCUT2D eigenvalue weighted by Crippen LogP contribution is -2.49. The molecule has 0 radical (unpaired) electrons. The summed E-state index contributed by atoms with van der Waals surface area (Å²) >= 11 is 1.40. The van der Waals surface area contributed by atoms with Gasteiger partial charge in [-0.05, 0) is 69.3 Å². The van der Waals surface area contributed by atoms with Gasteiger partial charge in [-0.25, -0.2) is 5.43 Å². The van der Waals surface area contributed by atoms with Crippen molar-refractivity contribution in [3.63, 3.8) is 0 Å². The third-order valence-corrected chi connectivity index (χ3v) is 5.41. The number of anilines is 1. The Balaban J connectivity index is 1.83. The fourth-order valence-corrected chi connectivity index (χ4v) is 4.33. The largest absolute Gasteiger partial charge is 0.360 e. The van der Waals surface area contributed by atoms with Gasteiger partial charge in [0.05, 0.1) is 16.6 Å². The van der Waals surface area contributed by atoms with Gasteiger partial charge in [0.25, 0.3) is 5.91 Å². The number of thiophene rings is 1. The second-order valence-corrected chi connectivity index (χ2v) is 8.35. The van der Waals surface area contributed by atoms with Gasteiger partial charge in [0, 0.05) is 17.3 Å². The molecule has 0 aliphatic carbocycles. The first-order valence-corrected chi connectivity index (χ1v) is 9.67. The van der Waals surface area contributed by atoms with Crippen molar-refractivity contribution in [2.45, 2.75) is 46.2 Å². The molecule has 0 atom stereocenters. The molecular formula is C21H25N3OS. The van der Waals surface area contributed by atoms with Gasteiger partial charge in [0.1, 0.15) is 0 Å².